The average Bonchev–Trinajstić information content (AvgIpc) is 2.37. The highest BCUT2D eigenvalue weighted by Crippen LogP contribution is 2.24. The van der Waals surface area contributed by atoms with Crippen LogP contribution >= 0.6 is 0 Å². The van der Waals surface area contributed by atoms with Gasteiger partial charge < -0.3 is 10.4 Å². The molecule has 1 aliphatic rings. The zero-order valence-electron chi connectivity index (χ0n) is 14.2. The lowest BCUT2D eigenvalue weighted by molar-refractivity contribution is 0.0693. The normalized spacial score (nSPS) is 26.4. The van der Waals surface area contributed by atoms with Gasteiger partial charge in [0.05, 0.1) is 6.10 Å². The Hall–Kier alpha value is -0.120. The van der Waals surface area contributed by atoms with Crippen LogP contribution in [-0.2, 0) is 0 Å². The van der Waals surface area contributed by atoms with Crippen LogP contribution in [0, 0.1) is 11.8 Å². The molecule has 0 aromatic carbocycles. The highest BCUT2D eigenvalue weighted by molar-refractivity contribution is 4.86. The molecule has 1 rings (SSSR count). The van der Waals surface area contributed by atoms with Gasteiger partial charge in [-0.3, -0.25) is 4.90 Å². The van der Waals surface area contributed by atoms with Crippen molar-refractivity contribution in [3.63, 3.8) is 0 Å². The molecule has 0 aliphatic carbocycles. The van der Waals surface area contributed by atoms with Crippen LogP contribution in [0.2, 0.25) is 0 Å². The summed E-state index contributed by atoms with van der Waals surface area (Å²) in [4.78, 5) is 2.57. The standard InChI is InChI=1S/C17H36N2O/c1-6-17(20)10-15-9-16(18-8-7-13(2)3)12-19(11-15)14(4)5/h13-18,20H,6-12H2,1-5H3. The van der Waals surface area contributed by atoms with Crippen molar-refractivity contribution in [3.8, 4) is 0 Å². The van der Waals surface area contributed by atoms with Gasteiger partial charge in [0.25, 0.3) is 0 Å². The van der Waals surface area contributed by atoms with Gasteiger partial charge in [-0.05, 0) is 57.9 Å². The molecule has 0 aromatic heterocycles. The van der Waals surface area contributed by atoms with E-state index in [-0.39, 0.29) is 6.10 Å². The van der Waals surface area contributed by atoms with Crippen LogP contribution in [0.15, 0.2) is 0 Å². The first-order valence-corrected chi connectivity index (χ1v) is 8.57. The lowest BCUT2D eigenvalue weighted by Crippen LogP contribution is -2.52. The summed E-state index contributed by atoms with van der Waals surface area (Å²) in [5.74, 6) is 1.41. The molecule has 1 heterocycles. The molecule has 0 aromatic rings. The Morgan fingerprint density at radius 1 is 1.20 bits per heavy atom. The summed E-state index contributed by atoms with van der Waals surface area (Å²) in [6.07, 6.45) is 4.19. The van der Waals surface area contributed by atoms with E-state index in [1.165, 1.54) is 12.8 Å². The number of rotatable bonds is 8. The number of likely N-dealkylation sites (tertiary alicyclic amines) is 1. The van der Waals surface area contributed by atoms with Crippen molar-refractivity contribution >= 4 is 0 Å². The molecule has 0 bridgehead atoms. The zero-order chi connectivity index (χ0) is 15.1. The monoisotopic (exact) mass is 284 g/mol. The van der Waals surface area contributed by atoms with E-state index in [0.29, 0.717) is 18.0 Å². The van der Waals surface area contributed by atoms with Crippen LogP contribution in [0.4, 0.5) is 0 Å². The number of hydrogen-bond acceptors (Lipinski definition) is 3. The van der Waals surface area contributed by atoms with E-state index < -0.39 is 0 Å². The third kappa shape index (κ3) is 6.55. The molecule has 3 unspecified atom stereocenters. The number of aliphatic hydroxyl groups is 1. The molecule has 1 fully saturated rings. The summed E-state index contributed by atoms with van der Waals surface area (Å²) in [5.41, 5.74) is 0. The molecule has 1 saturated heterocycles. The lowest BCUT2D eigenvalue weighted by Gasteiger charge is -2.41. The third-order valence-electron chi connectivity index (χ3n) is 4.53. The van der Waals surface area contributed by atoms with Crippen molar-refractivity contribution in [2.75, 3.05) is 19.6 Å². The number of hydrogen-bond donors (Lipinski definition) is 2. The molecule has 20 heavy (non-hydrogen) atoms. The summed E-state index contributed by atoms with van der Waals surface area (Å²) >= 11 is 0. The molecule has 3 atom stereocenters. The minimum atomic E-state index is -0.122. The quantitative estimate of drug-likeness (QED) is 0.719. The maximum atomic E-state index is 9.93. The lowest BCUT2D eigenvalue weighted by atomic mass is 9.88. The van der Waals surface area contributed by atoms with Gasteiger partial charge in [0.15, 0.2) is 0 Å². The first-order chi connectivity index (χ1) is 9.42. The molecule has 0 radical (unpaired) electrons. The summed E-state index contributed by atoms with van der Waals surface area (Å²) in [6.45, 7) is 14.6. The van der Waals surface area contributed by atoms with Crippen LogP contribution in [0.25, 0.3) is 0 Å². The van der Waals surface area contributed by atoms with Crippen LogP contribution in [0.1, 0.15) is 60.3 Å². The largest absolute Gasteiger partial charge is 0.393 e. The van der Waals surface area contributed by atoms with E-state index >= 15 is 0 Å². The molecule has 3 nitrogen and oxygen atoms in total. The summed E-state index contributed by atoms with van der Waals surface area (Å²) in [6, 6.07) is 1.20. The molecule has 2 N–H and O–H groups in total. The maximum absolute atomic E-state index is 9.93. The van der Waals surface area contributed by atoms with E-state index in [4.69, 9.17) is 0 Å². The smallest absolute Gasteiger partial charge is 0.0540 e. The Balaban J connectivity index is 2.47. The highest BCUT2D eigenvalue weighted by atomic mass is 16.3. The van der Waals surface area contributed by atoms with Gasteiger partial charge in [-0.1, -0.05) is 20.8 Å². The van der Waals surface area contributed by atoms with Gasteiger partial charge in [0.2, 0.25) is 0 Å². The van der Waals surface area contributed by atoms with Gasteiger partial charge in [-0.25, -0.2) is 0 Å². The molecule has 0 saturated carbocycles. The van der Waals surface area contributed by atoms with Gasteiger partial charge in [-0.15, -0.1) is 0 Å². The fourth-order valence-corrected chi connectivity index (χ4v) is 3.11. The molecule has 0 amide bonds. The first-order valence-electron chi connectivity index (χ1n) is 8.57. The summed E-state index contributed by atoms with van der Waals surface area (Å²) in [7, 11) is 0. The maximum Gasteiger partial charge on any atom is 0.0540 e. The van der Waals surface area contributed by atoms with Crippen molar-refractivity contribution in [2.45, 2.75) is 78.5 Å². The Kier molecular flexibility index (Phi) is 8.08. The zero-order valence-corrected chi connectivity index (χ0v) is 14.2. The Labute approximate surface area is 126 Å². The van der Waals surface area contributed by atoms with E-state index in [9.17, 15) is 5.11 Å². The Morgan fingerprint density at radius 2 is 1.90 bits per heavy atom. The fourth-order valence-electron chi connectivity index (χ4n) is 3.11. The van der Waals surface area contributed by atoms with E-state index in [2.05, 4.69) is 44.8 Å². The van der Waals surface area contributed by atoms with Gasteiger partial charge in [0, 0.05) is 25.2 Å². The number of nitrogens with one attached hydrogen (secondary N) is 1. The van der Waals surface area contributed by atoms with E-state index in [1.54, 1.807) is 0 Å². The van der Waals surface area contributed by atoms with Crippen molar-refractivity contribution in [1.82, 2.24) is 10.2 Å². The molecular weight excluding hydrogens is 248 g/mol. The SMILES string of the molecule is CCC(O)CC1CC(NCCC(C)C)CN(C(C)C)C1. The molecular formula is C17H36N2O. The molecule has 0 spiro atoms. The van der Waals surface area contributed by atoms with Gasteiger partial charge >= 0.3 is 0 Å². The van der Waals surface area contributed by atoms with Crippen molar-refractivity contribution < 1.29 is 5.11 Å². The Bertz CT molecular complexity index is 255. The topological polar surface area (TPSA) is 35.5 Å². The fraction of sp³-hybridized carbons (Fsp3) is 1.00. The molecule has 120 valence electrons. The molecule has 1 aliphatic heterocycles. The second-order valence-electron chi connectivity index (χ2n) is 7.28. The minimum absolute atomic E-state index is 0.122. The van der Waals surface area contributed by atoms with Crippen molar-refractivity contribution in [3.05, 3.63) is 0 Å². The predicted molar refractivity (Wildman–Crippen MR) is 87.0 cm³/mol. The third-order valence-corrected chi connectivity index (χ3v) is 4.53. The van der Waals surface area contributed by atoms with Gasteiger partial charge in [-0.2, -0.15) is 0 Å². The number of piperidine rings is 1. The van der Waals surface area contributed by atoms with Crippen LogP contribution < -0.4 is 5.32 Å². The second-order valence-corrected chi connectivity index (χ2v) is 7.28. The van der Waals surface area contributed by atoms with E-state index in [1.807, 2.05) is 0 Å². The van der Waals surface area contributed by atoms with Crippen LogP contribution in [0.5, 0.6) is 0 Å². The van der Waals surface area contributed by atoms with Crippen molar-refractivity contribution in [1.29, 1.82) is 0 Å². The average molecular weight is 284 g/mol. The van der Waals surface area contributed by atoms with Crippen LogP contribution in [0.3, 0.4) is 0 Å². The van der Waals surface area contributed by atoms with E-state index in [0.717, 1.165) is 38.4 Å². The van der Waals surface area contributed by atoms with Crippen LogP contribution in [-0.4, -0.2) is 47.8 Å². The Morgan fingerprint density at radius 3 is 2.45 bits per heavy atom. The number of aliphatic hydroxyl groups excluding tert-OH is 1. The predicted octanol–water partition coefficient (Wildman–Crippen LogP) is 2.88. The second kappa shape index (κ2) is 9.01. The summed E-state index contributed by atoms with van der Waals surface area (Å²) < 4.78 is 0. The summed E-state index contributed by atoms with van der Waals surface area (Å²) in [5, 5.41) is 13.7. The minimum Gasteiger partial charge on any atom is -0.393 e. The highest BCUT2D eigenvalue weighted by Gasteiger charge is 2.29. The van der Waals surface area contributed by atoms with Gasteiger partial charge in [0.1, 0.15) is 0 Å². The van der Waals surface area contributed by atoms with Crippen molar-refractivity contribution in [2.24, 2.45) is 11.8 Å². The molecule has 3 heteroatoms. The number of nitrogens with zero attached hydrogens (tertiary/aromatic N) is 1. The first kappa shape index (κ1) is 17.9.